The first kappa shape index (κ1) is 17.3. The number of halogens is 3. The van der Waals surface area contributed by atoms with Crippen LogP contribution in [0.3, 0.4) is 0 Å². The van der Waals surface area contributed by atoms with Gasteiger partial charge in [-0.3, -0.25) is 0 Å². The summed E-state index contributed by atoms with van der Waals surface area (Å²) in [6.07, 6.45) is 0. The fourth-order valence-electron chi connectivity index (χ4n) is 2.29. The van der Waals surface area contributed by atoms with Crippen LogP contribution < -0.4 is 9.80 Å². The van der Waals surface area contributed by atoms with Crippen LogP contribution in [0, 0.1) is 0 Å². The Morgan fingerprint density at radius 2 is 1.05 bits per heavy atom. The largest absolute Gasteiger partial charge is 0.352 e. The lowest BCUT2D eigenvalue weighted by atomic mass is 10.3. The van der Waals surface area contributed by atoms with E-state index in [4.69, 9.17) is 34.8 Å². The van der Waals surface area contributed by atoms with Gasteiger partial charge in [0.1, 0.15) is 0 Å². The molecule has 0 aromatic heterocycles. The molecule has 1 saturated heterocycles. The first-order valence-corrected chi connectivity index (χ1v) is 8.23. The first-order valence-electron chi connectivity index (χ1n) is 7.10. The third-order valence-electron chi connectivity index (χ3n) is 3.22. The summed E-state index contributed by atoms with van der Waals surface area (Å²) in [6, 6.07) is 21.2. The number of para-hydroxylation sites is 2. The van der Waals surface area contributed by atoms with Crippen molar-refractivity contribution in [2.45, 2.75) is 10.7 Å². The highest BCUT2D eigenvalue weighted by Crippen LogP contribution is 2.23. The van der Waals surface area contributed by atoms with E-state index >= 15 is 0 Å². The summed E-state index contributed by atoms with van der Waals surface area (Å²) in [5, 5.41) is 0. The molecule has 2 nitrogen and oxygen atoms in total. The second-order valence-electron chi connectivity index (χ2n) is 5.12. The van der Waals surface area contributed by atoms with Crippen molar-refractivity contribution in [1.82, 2.24) is 0 Å². The molecule has 118 valence electrons. The van der Waals surface area contributed by atoms with E-state index in [0.29, 0.717) is 0 Å². The summed E-state index contributed by atoms with van der Waals surface area (Å²) < 4.78 is -1.08. The second-order valence-corrected chi connectivity index (χ2v) is 7.97. The van der Waals surface area contributed by atoms with Crippen LogP contribution in [0.15, 0.2) is 60.7 Å². The van der Waals surface area contributed by atoms with E-state index in [2.05, 4.69) is 70.5 Å². The molecule has 0 aliphatic carbocycles. The first-order chi connectivity index (χ1) is 10.4. The van der Waals surface area contributed by atoms with Crippen LogP contribution in [-0.4, -0.2) is 23.6 Å². The Labute approximate surface area is 147 Å². The maximum atomic E-state index is 5.06. The quantitative estimate of drug-likeness (QED) is 0.669. The van der Waals surface area contributed by atoms with Crippen LogP contribution >= 0.6 is 34.8 Å². The van der Waals surface area contributed by atoms with E-state index in [0.717, 1.165) is 19.8 Å². The number of alkyl halides is 3. The minimum absolute atomic E-state index is 0.980. The minimum Gasteiger partial charge on any atom is -0.352 e. The molecule has 0 unspecified atom stereocenters. The van der Waals surface area contributed by atoms with Crippen molar-refractivity contribution in [3.63, 3.8) is 0 Å². The highest BCUT2D eigenvalue weighted by atomic mass is 35.6. The molecule has 0 N–H and O–H groups in total. The predicted octanol–water partition coefficient (Wildman–Crippen LogP) is 5.35. The molecular weight excluding hydrogens is 339 g/mol. The van der Waals surface area contributed by atoms with Crippen molar-refractivity contribution in [2.24, 2.45) is 0 Å². The Bertz CT molecular complexity index is 504. The van der Waals surface area contributed by atoms with Gasteiger partial charge in [0.2, 0.25) is 0 Å². The summed E-state index contributed by atoms with van der Waals surface area (Å²) in [5.41, 5.74) is 2.62. The number of anilines is 2. The SMILES string of the molecule is CC(Cl)(Cl)Cl.c1ccc(N2CCN(c3ccccc3)C2)cc1. The Balaban J connectivity index is 0.000000309. The van der Waals surface area contributed by atoms with Gasteiger partial charge in [0.15, 0.2) is 3.79 Å². The Morgan fingerprint density at radius 3 is 1.36 bits per heavy atom. The minimum atomic E-state index is -1.08. The fourth-order valence-corrected chi connectivity index (χ4v) is 2.29. The average Bonchev–Trinajstić information content (AvgIpc) is 2.97. The van der Waals surface area contributed by atoms with E-state index in [1.54, 1.807) is 0 Å². The summed E-state index contributed by atoms with van der Waals surface area (Å²) in [5.74, 6) is 0. The standard InChI is InChI=1S/C15H16N2.C2H3Cl3/c1-3-7-14(8-4-1)16-11-12-17(13-16)15-9-5-2-6-10-15;1-2(3,4)5/h1-10H,11-13H2;1H3. The van der Waals surface area contributed by atoms with Crippen molar-refractivity contribution >= 4 is 46.2 Å². The van der Waals surface area contributed by atoms with Crippen LogP contribution in [0.1, 0.15) is 6.92 Å². The Kier molecular flexibility index (Phi) is 6.25. The van der Waals surface area contributed by atoms with Gasteiger partial charge in [-0.25, -0.2) is 0 Å². The van der Waals surface area contributed by atoms with Crippen molar-refractivity contribution < 1.29 is 0 Å². The third kappa shape index (κ3) is 5.96. The molecule has 0 bridgehead atoms. The van der Waals surface area contributed by atoms with E-state index in [1.807, 2.05) is 0 Å². The van der Waals surface area contributed by atoms with E-state index in [9.17, 15) is 0 Å². The highest BCUT2D eigenvalue weighted by molar-refractivity contribution is 6.67. The van der Waals surface area contributed by atoms with Gasteiger partial charge in [-0.15, -0.1) is 0 Å². The van der Waals surface area contributed by atoms with Gasteiger partial charge < -0.3 is 9.80 Å². The normalized spacial score (nSPS) is 14.5. The van der Waals surface area contributed by atoms with Crippen molar-refractivity contribution in [2.75, 3.05) is 29.6 Å². The van der Waals surface area contributed by atoms with Gasteiger partial charge in [-0.2, -0.15) is 0 Å². The molecule has 1 aliphatic heterocycles. The molecular formula is C17H19Cl3N2. The van der Waals surface area contributed by atoms with Crippen molar-refractivity contribution in [3.8, 4) is 0 Å². The maximum absolute atomic E-state index is 5.06. The van der Waals surface area contributed by atoms with Gasteiger partial charge in [-0.05, 0) is 31.2 Å². The summed E-state index contributed by atoms with van der Waals surface area (Å²) in [7, 11) is 0. The van der Waals surface area contributed by atoms with Crippen LogP contribution in [-0.2, 0) is 0 Å². The second kappa shape index (κ2) is 7.96. The molecule has 2 aromatic rings. The summed E-state index contributed by atoms with van der Waals surface area (Å²) >= 11 is 15.2. The Morgan fingerprint density at radius 1 is 0.727 bits per heavy atom. The van der Waals surface area contributed by atoms with Crippen molar-refractivity contribution in [1.29, 1.82) is 0 Å². The van der Waals surface area contributed by atoms with E-state index in [-0.39, 0.29) is 0 Å². The zero-order chi connectivity index (χ0) is 16.0. The van der Waals surface area contributed by atoms with E-state index < -0.39 is 3.79 Å². The molecule has 0 amide bonds. The van der Waals surface area contributed by atoms with Crippen LogP contribution in [0.5, 0.6) is 0 Å². The number of hydrogen-bond donors (Lipinski definition) is 0. The molecule has 0 atom stereocenters. The zero-order valence-corrected chi connectivity index (χ0v) is 14.7. The highest BCUT2D eigenvalue weighted by Gasteiger charge is 2.19. The number of rotatable bonds is 2. The summed E-state index contributed by atoms with van der Waals surface area (Å²) in [4.78, 5) is 4.82. The topological polar surface area (TPSA) is 6.48 Å². The number of nitrogens with zero attached hydrogens (tertiary/aromatic N) is 2. The monoisotopic (exact) mass is 356 g/mol. The molecule has 0 spiro atoms. The van der Waals surface area contributed by atoms with E-state index in [1.165, 1.54) is 18.3 Å². The number of hydrogen-bond acceptors (Lipinski definition) is 2. The molecule has 3 rings (SSSR count). The lowest BCUT2D eigenvalue weighted by molar-refractivity contribution is 0.949. The molecule has 2 aromatic carbocycles. The van der Waals surface area contributed by atoms with Crippen molar-refractivity contribution in [3.05, 3.63) is 60.7 Å². The van der Waals surface area contributed by atoms with Crippen LogP contribution in [0.25, 0.3) is 0 Å². The molecule has 1 fully saturated rings. The van der Waals surface area contributed by atoms with Gasteiger partial charge in [0.05, 0.1) is 6.67 Å². The summed E-state index contributed by atoms with van der Waals surface area (Å²) in [6.45, 7) is 4.66. The molecule has 1 aliphatic rings. The van der Waals surface area contributed by atoms with Gasteiger partial charge in [0.25, 0.3) is 0 Å². The fraction of sp³-hybridized carbons (Fsp3) is 0.294. The van der Waals surface area contributed by atoms with Crippen LogP contribution in [0.4, 0.5) is 11.4 Å². The molecule has 5 heteroatoms. The molecule has 22 heavy (non-hydrogen) atoms. The Hall–Kier alpha value is -1.09. The lowest BCUT2D eigenvalue weighted by Crippen LogP contribution is -2.24. The maximum Gasteiger partial charge on any atom is 0.187 e. The number of benzene rings is 2. The zero-order valence-electron chi connectivity index (χ0n) is 12.4. The third-order valence-corrected chi connectivity index (χ3v) is 3.22. The predicted molar refractivity (Wildman–Crippen MR) is 98.4 cm³/mol. The van der Waals surface area contributed by atoms with Gasteiger partial charge in [-0.1, -0.05) is 71.2 Å². The molecule has 1 heterocycles. The van der Waals surface area contributed by atoms with Gasteiger partial charge >= 0.3 is 0 Å². The molecule has 0 radical (unpaired) electrons. The van der Waals surface area contributed by atoms with Gasteiger partial charge in [0, 0.05) is 24.5 Å². The average molecular weight is 358 g/mol. The lowest BCUT2D eigenvalue weighted by Gasteiger charge is -2.21. The van der Waals surface area contributed by atoms with Crippen LogP contribution in [0.2, 0.25) is 0 Å². The smallest absolute Gasteiger partial charge is 0.187 e. The molecule has 0 saturated carbocycles.